The Balaban J connectivity index is 2.56. The van der Waals surface area contributed by atoms with Gasteiger partial charge in [0, 0.05) is 18.6 Å². The third-order valence-electron chi connectivity index (χ3n) is 2.96. The Hall–Kier alpha value is -1.88. The smallest absolute Gasteiger partial charge is 0.220 e. The third kappa shape index (κ3) is 2.61. The van der Waals surface area contributed by atoms with E-state index in [0.29, 0.717) is 18.0 Å². The summed E-state index contributed by atoms with van der Waals surface area (Å²) in [7, 11) is 1.55. The molecule has 0 saturated heterocycles. The van der Waals surface area contributed by atoms with Crippen LogP contribution in [0.5, 0.6) is 5.88 Å². The van der Waals surface area contributed by atoms with E-state index in [0.717, 1.165) is 17.7 Å². The average Bonchev–Trinajstić information content (AvgIpc) is 2.77. The second-order valence-corrected chi connectivity index (χ2v) is 4.15. The van der Waals surface area contributed by atoms with Crippen LogP contribution in [0.25, 0.3) is 5.69 Å². The molecular formula is C14H17FN2O2. The summed E-state index contributed by atoms with van der Waals surface area (Å²) >= 11 is 0. The van der Waals surface area contributed by atoms with Gasteiger partial charge in [0.2, 0.25) is 5.88 Å². The molecule has 5 heteroatoms. The van der Waals surface area contributed by atoms with Crippen LogP contribution in [0, 0.1) is 5.82 Å². The van der Waals surface area contributed by atoms with E-state index in [1.165, 1.54) is 12.1 Å². The molecule has 4 nitrogen and oxygen atoms in total. The van der Waals surface area contributed by atoms with Gasteiger partial charge < -0.3 is 9.84 Å². The zero-order valence-corrected chi connectivity index (χ0v) is 11.1. The minimum absolute atomic E-state index is 0.0260. The fourth-order valence-electron chi connectivity index (χ4n) is 2.12. The van der Waals surface area contributed by atoms with E-state index in [1.54, 1.807) is 23.9 Å². The maximum atomic E-state index is 13.3. The van der Waals surface area contributed by atoms with E-state index < -0.39 is 0 Å². The molecule has 0 aliphatic rings. The fourth-order valence-corrected chi connectivity index (χ4v) is 2.12. The van der Waals surface area contributed by atoms with Crippen molar-refractivity contribution in [1.29, 1.82) is 0 Å². The lowest BCUT2D eigenvalue weighted by Gasteiger charge is -2.07. The summed E-state index contributed by atoms with van der Waals surface area (Å²) in [6, 6.07) is 6.18. The molecule has 102 valence electrons. The maximum Gasteiger partial charge on any atom is 0.220 e. The number of aliphatic hydroxyl groups excluding tert-OH is 1. The number of halogens is 1. The highest BCUT2D eigenvalue weighted by Gasteiger charge is 2.18. The lowest BCUT2D eigenvalue weighted by molar-refractivity contribution is 0.295. The largest absolute Gasteiger partial charge is 0.481 e. The molecule has 0 spiro atoms. The molecule has 1 aromatic carbocycles. The molecule has 0 bridgehead atoms. The number of aromatic nitrogens is 2. The number of methoxy groups -OCH3 is 1. The summed E-state index contributed by atoms with van der Waals surface area (Å²) in [6.07, 6.45) is 1.20. The summed E-state index contributed by atoms with van der Waals surface area (Å²) in [5.74, 6) is 0.230. The second-order valence-electron chi connectivity index (χ2n) is 4.15. The molecule has 1 heterocycles. The zero-order chi connectivity index (χ0) is 13.8. The molecule has 0 amide bonds. The van der Waals surface area contributed by atoms with Crippen molar-refractivity contribution in [3.8, 4) is 11.6 Å². The molecule has 2 aromatic rings. The molecule has 1 aromatic heterocycles. The second kappa shape index (κ2) is 5.84. The van der Waals surface area contributed by atoms with Crippen LogP contribution in [0.2, 0.25) is 0 Å². The van der Waals surface area contributed by atoms with Gasteiger partial charge in [0.15, 0.2) is 0 Å². The average molecular weight is 264 g/mol. The van der Waals surface area contributed by atoms with Crippen LogP contribution >= 0.6 is 0 Å². The quantitative estimate of drug-likeness (QED) is 0.899. The molecule has 2 rings (SSSR count). The first-order valence-electron chi connectivity index (χ1n) is 6.22. The number of nitrogens with zero attached hydrogens (tertiary/aromatic N) is 2. The van der Waals surface area contributed by atoms with E-state index in [4.69, 9.17) is 9.84 Å². The van der Waals surface area contributed by atoms with Gasteiger partial charge in [-0.05, 0) is 24.6 Å². The van der Waals surface area contributed by atoms with E-state index in [2.05, 4.69) is 5.10 Å². The van der Waals surface area contributed by atoms with Crippen molar-refractivity contribution >= 4 is 0 Å². The maximum absolute atomic E-state index is 13.3. The van der Waals surface area contributed by atoms with Crippen molar-refractivity contribution in [2.45, 2.75) is 19.8 Å². The van der Waals surface area contributed by atoms with Crippen LogP contribution in [0.4, 0.5) is 4.39 Å². The van der Waals surface area contributed by atoms with Gasteiger partial charge in [-0.3, -0.25) is 0 Å². The summed E-state index contributed by atoms with van der Waals surface area (Å²) in [5.41, 5.74) is 2.34. The number of ether oxygens (including phenoxy) is 1. The van der Waals surface area contributed by atoms with Gasteiger partial charge in [0.25, 0.3) is 0 Å². The van der Waals surface area contributed by atoms with Gasteiger partial charge in [-0.1, -0.05) is 13.0 Å². The van der Waals surface area contributed by atoms with Gasteiger partial charge in [0.05, 0.1) is 18.5 Å². The lowest BCUT2D eigenvalue weighted by Crippen LogP contribution is -2.01. The molecule has 0 atom stereocenters. The number of rotatable bonds is 5. The Bertz CT molecular complexity index is 567. The number of aryl methyl sites for hydroxylation is 1. The third-order valence-corrected chi connectivity index (χ3v) is 2.96. The van der Waals surface area contributed by atoms with Crippen LogP contribution in [-0.2, 0) is 12.8 Å². The molecule has 0 radical (unpaired) electrons. The molecule has 0 saturated carbocycles. The Morgan fingerprint density at radius 3 is 2.79 bits per heavy atom. The van der Waals surface area contributed by atoms with Gasteiger partial charge >= 0.3 is 0 Å². The molecular weight excluding hydrogens is 247 g/mol. The number of hydrogen-bond donors (Lipinski definition) is 1. The number of benzene rings is 1. The van der Waals surface area contributed by atoms with Crippen LogP contribution in [0.1, 0.15) is 18.2 Å². The Labute approximate surface area is 111 Å². The first-order chi connectivity index (χ1) is 9.21. The summed E-state index contributed by atoms with van der Waals surface area (Å²) in [6.45, 7) is 2.01. The van der Waals surface area contributed by atoms with Crippen molar-refractivity contribution in [3.05, 3.63) is 41.3 Å². The van der Waals surface area contributed by atoms with Crippen LogP contribution in [0.3, 0.4) is 0 Å². The first kappa shape index (κ1) is 13.5. The minimum Gasteiger partial charge on any atom is -0.481 e. The van der Waals surface area contributed by atoms with Gasteiger partial charge in [0.1, 0.15) is 5.82 Å². The highest BCUT2D eigenvalue weighted by Crippen LogP contribution is 2.27. The Morgan fingerprint density at radius 2 is 2.21 bits per heavy atom. The number of hydrogen-bond acceptors (Lipinski definition) is 3. The summed E-state index contributed by atoms with van der Waals surface area (Å²) in [4.78, 5) is 0. The van der Waals surface area contributed by atoms with Gasteiger partial charge in [-0.15, -0.1) is 0 Å². The lowest BCUT2D eigenvalue weighted by atomic mass is 10.1. The van der Waals surface area contributed by atoms with E-state index in [-0.39, 0.29) is 12.4 Å². The van der Waals surface area contributed by atoms with E-state index in [1.807, 2.05) is 6.92 Å². The highest BCUT2D eigenvalue weighted by molar-refractivity contribution is 5.41. The molecule has 0 fully saturated rings. The molecule has 0 aliphatic heterocycles. The van der Waals surface area contributed by atoms with Crippen LogP contribution in [-0.4, -0.2) is 28.6 Å². The highest BCUT2D eigenvalue weighted by atomic mass is 19.1. The molecule has 0 unspecified atom stereocenters. The first-order valence-corrected chi connectivity index (χ1v) is 6.22. The van der Waals surface area contributed by atoms with Crippen molar-refractivity contribution in [2.75, 3.05) is 13.7 Å². The zero-order valence-electron chi connectivity index (χ0n) is 11.1. The summed E-state index contributed by atoms with van der Waals surface area (Å²) < 4.78 is 20.3. The van der Waals surface area contributed by atoms with Crippen LogP contribution < -0.4 is 4.74 Å². The Morgan fingerprint density at radius 1 is 1.42 bits per heavy atom. The van der Waals surface area contributed by atoms with Crippen molar-refractivity contribution in [2.24, 2.45) is 0 Å². The van der Waals surface area contributed by atoms with Gasteiger partial charge in [-0.25, -0.2) is 9.07 Å². The summed E-state index contributed by atoms with van der Waals surface area (Å²) in [5, 5.41) is 13.6. The SMILES string of the molecule is CCc1nn(-c2cccc(F)c2)c(OC)c1CCO. The van der Waals surface area contributed by atoms with Crippen molar-refractivity contribution in [1.82, 2.24) is 9.78 Å². The molecule has 0 aliphatic carbocycles. The van der Waals surface area contributed by atoms with Crippen molar-refractivity contribution < 1.29 is 14.2 Å². The fraction of sp³-hybridized carbons (Fsp3) is 0.357. The van der Waals surface area contributed by atoms with Gasteiger partial charge in [-0.2, -0.15) is 5.10 Å². The van der Waals surface area contributed by atoms with Crippen molar-refractivity contribution in [3.63, 3.8) is 0 Å². The number of aliphatic hydroxyl groups is 1. The Kier molecular flexibility index (Phi) is 4.16. The minimum atomic E-state index is -0.322. The topological polar surface area (TPSA) is 47.3 Å². The predicted molar refractivity (Wildman–Crippen MR) is 70.2 cm³/mol. The normalized spacial score (nSPS) is 10.7. The molecule has 1 N–H and O–H groups in total. The standard InChI is InChI=1S/C14H17FN2O2/c1-3-13-12(7-8-18)14(19-2)17(16-13)11-6-4-5-10(15)9-11/h4-6,9,18H,3,7-8H2,1-2H3. The van der Waals surface area contributed by atoms with Crippen LogP contribution in [0.15, 0.2) is 24.3 Å². The molecule has 19 heavy (non-hydrogen) atoms. The predicted octanol–water partition coefficient (Wildman–Crippen LogP) is 2.12. The monoisotopic (exact) mass is 264 g/mol. The van der Waals surface area contributed by atoms with E-state index >= 15 is 0 Å². The van der Waals surface area contributed by atoms with E-state index in [9.17, 15) is 4.39 Å².